The Morgan fingerprint density at radius 1 is 0.435 bits per heavy atom. The summed E-state index contributed by atoms with van der Waals surface area (Å²) in [6.45, 7) is 4.27. The predicted molar refractivity (Wildman–Crippen MR) is 259 cm³/mol. The van der Waals surface area contributed by atoms with E-state index in [9.17, 15) is 19.0 Å². The Balaban J connectivity index is 4.00. The number of likely N-dealkylation sites (N-methyl/N-ethyl adjacent to an activating group) is 1. The summed E-state index contributed by atoms with van der Waals surface area (Å²) in [5.74, 6) is -0.818. The van der Waals surface area contributed by atoms with E-state index in [0.717, 1.165) is 32.1 Å². The van der Waals surface area contributed by atoms with Gasteiger partial charge in [-0.3, -0.25) is 14.2 Å². The van der Waals surface area contributed by atoms with Gasteiger partial charge >= 0.3 is 11.9 Å². The molecule has 0 fully saturated rings. The molecule has 0 heterocycles. The summed E-state index contributed by atoms with van der Waals surface area (Å²) < 4.78 is 34.0. The molecule has 0 aliphatic carbocycles. The molecule has 2 unspecified atom stereocenters. The van der Waals surface area contributed by atoms with Crippen LogP contribution >= 0.6 is 7.82 Å². The molecule has 0 saturated carbocycles. The second-order valence-corrected chi connectivity index (χ2v) is 21.0. The Kier molecular flexibility index (Phi) is 44.5. The second kappa shape index (κ2) is 45.2. The van der Waals surface area contributed by atoms with E-state index in [1.807, 2.05) is 21.1 Å². The van der Waals surface area contributed by atoms with Crippen molar-refractivity contribution >= 4 is 19.8 Å². The van der Waals surface area contributed by atoms with Crippen molar-refractivity contribution in [3.05, 3.63) is 0 Å². The van der Waals surface area contributed by atoms with Gasteiger partial charge in [0, 0.05) is 12.8 Å². The summed E-state index contributed by atoms with van der Waals surface area (Å²) in [6.07, 6.45) is 48.8. The summed E-state index contributed by atoms with van der Waals surface area (Å²) in [5, 5.41) is 0. The van der Waals surface area contributed by atoms with Crippen molar-refractivity contribution in [2.45, 2.75) is 277 Å². The minimum absolute atomic E-state index is 0.0256. The lowest BCUT2D eigenvalue weighted by atomic mass is 10.0. The third-order valence-corrected chi connectivity index (χ3v) is 13.1. The molecule has 0 saturated heterocycles. The van der Waals surface area contributed by atoms with Crippen molar-refractivity contribution < 1.29 is 42.1 Å². The fourth-order valence-electron chi connectivity index (χ4n) is 7.95. The average Bonchev–Trinajstić information content (AvgIpc) is 3.23. The van der Waals surface area contributed by atoms with Gasteiger partial charge in [-0.15, -0.1) is 0 Å². The molecular weight excluding hydrogens is 798 g/mol. The summed E-state index contributed by atoms with van der Waals surface area (Å²) in [7, 11) is 1.19. The standard InChI is InChI=1S/C52H104NO8P/c1-6-8-10-12-14-16-18-19-20-21-22-23-24-25-26-27-28-29-30-31-32-33-34-35-37-39-41-43-45-52(55)61-50(49-60-62(56,57)59-47-46-53(3,4)5)48-58-51(54)44-42-40-38-36-17-15-13-11-9-7-2/h50H,6-49H2,1-5H3. The molecule has 0 aromatic carbocycles. The van der Waals surface area contributed by atoms with Crippen LogP contribution in [0.2, 0.25) is 0 Å². The van der Waals surface area contributed by atoms with Gasteiger partial charge in [-0.1, -0.05) is 245 Å². The van der Waals surface area contributed by atoms with Crippen molar-refractivity contribution in [2.24, 2.45) is 0 Å². The van der Waals surface area contributed by atoms with Gasteiger partial charge in [-0.2, -0.15) is 0 Å². The second-order valence-electron chi connectivity index (χ2n) is 19.6. The van der Waals surface area contributed by atoms with E-state index in [1.54, 1.807) is 0 Å². The largest absolute Gasteiger partial charge is 0.756 e. The Morgan fingerprint density at radius 2 is 0.726 bits per heavy atom. The van der Waals surface area contributed by atoms with Gasteiger partial charge < -0.3 is 27.9 Å². The summed E-state index contributed by atoms with van der Waals surface area (Å²) >= 11 is 0. The van der Waals surface area contributed by atoms with E-state index < -0.39 is 26.5 Å². The fraction of sp³-hybridized carbons (Fsp3) is 0.962. The van der Waals surface area contributed by atoms with Crippen LogP contribution in [-0.2, 0) is 32.7 Å². The lowest BCUT2D eigenvalue weighted by molar-refractivity contribution is -0.870. The normalized spacial score (nSPS) is 13.3. The van der Waals surface area contributed by atoms with Crippen molar-refractivity contribution in [1.29, 1.82) is 0 Å². The maximum Gasteiger partial charge on any atom is 0.306 e. The van der Waals surface area contributed by atoms with Gasteiger partial charge in [0.15, 0.2) is 6.10 Å². The van der Waals surface area contributed by atoms with E-state index in [0.29, 0.717) is 17.4 Å². The molecule has 0 aromatic heterocycles. The number of esters is 2. The lowest BCUT2D eigenvalue weighted by Crippen LogP contribution is -2.37. The molecule has 0 aliphatic rings. The van der Waals surface area contributed by atoms with Crippen molar-refractivity contribution in [3.63, 3.8) is 0 Å². The number of hydrogen-bond acceptors (Lipinski definition) is 8. The molecule has 0 N–H and O–H groups in total. The molecule has 9 nitrogen and oxygen atoms in total. The SMILES string of the molecule is CCCCCCCCCCCCCCCCCCCCCCCCCCCCCCC(=O)OC(COC(=O)CCCCCCCCCCCC)COP(=O)([O-])OCC[N+](C)(C)C. The topological polar surface area (TPSA) is 111 Å². The highest BCUT2D eigenvalue weighted by Crippen LogP contribution is 2.38. The van der Waals surface area contributed by atoms with Crippen LogP contribution in [0.3, 0.4) is 0 Å². The number of rotatable bonds is 50. The molecule has 0 spiro atoms. The van der Waals surface area contributed by atoms with Crippen LogP contribution in [0.4, 0.5) is 0 Å². The molecule has 0 radical (unpaired) electrons. The smallest absolute Gasteiger partial charge is 0.306 e. The van der Waals surface area contributed by atoms with E-state index in [4.69, 9.17) is 18.5 Å². The number of ether oxygens (including phenoxy) is 2. The van der Waals surface area contributed by atoms with Crippen LogP contribution in [0.25, 0.3) is 0 Å². The summed E-state index contributed by atoms with van der Waals surface area (Å²) in [6, 6.07) is 0. The maximum atomic E-state index is 12.7. The van der Waals surface area contributed by atoms with Crippen LogP contribution in [0.1, 0.15) is 271 Å². The van der Waals surface area contributed by atoms with E-state index in [-0.39, 0.29) is 32.0 Å². The molecule has 0 rings (SSSR count). The molecule has 10 heteroatoms. The number of carbonyl (C=O) groups excluding carboxylic acids is 2. The maximum absolute atomic E-state index is 12.7. The fourth-order valence-corrected chi connectivity index (χ4v) is 8.68. The molecular formula is C52H104NO8P. The van der Waals surface area contributed by atoms with Crippen LogP contribution in [0.5, 0.6) is 0 Å². The lowest BCUT2D eigenvalue weighted by Gasteiger charge is -2.28. The minimum atomic E-state index is -4.62. The van der Waals surface area contributed by atoms with Gasteiger partial charge in [-0.05, 0) is 12.8 Å². The van der Waals surface area contributed by atoms with E-state index in [1.165, 1.54) is 205 Å². The zero-order valence-corrected chi connectivity index (χ0v) is 42.7. The number of quaternary nitrogens is 1. The zero-order chi connectivity index (χ0) is 45.7. The van der Waals surface area contributed by atoms with E-state index >= 15 is 0 Å². The molecule has 0 bridgehead atoms. The first kappa shape index (κ1) is 61.0. The zero-order valence-electron chi connectivity index (χ0n) is 41.9. The molecule has 0 aliphatic heterocycles. The van der Waals surface area contributed by atoms with Crippen molar-refractivity contribution in [2.75, 3.05) is 47.5 Å². The molecule has 0 aromatic rings. The predicted octanol–water partition coefficient (Wildman–Crippen LogP) is 15.3. The van der Waals surface area contributed by atoms with Gasteiger partial charge in [0.2, 0.25) is 0 Å². The highest BCUT2D eigenvalue weighted by molar-refractivity contribution is 7.45. The van der Waals surface area contributed by atoms with Gasteiger partial charge in [0.05, 0.1) is 27.7 Å². The van der Waals surface area contributed by atoms with Crippen LogP contribution in [0.15, 0.2) is 0 Å². The van der Waals surface area contributed by atoms with Gasteiger partial charge in [-0.25, -0.2) is 0 Å². The Hall–Kier alpha value is -0.990. The number of hydrogen-bond donors (Lipinski definition) is 0. The van der Waals surface area contributed by atoms with Crippen LogP contribution < -0.4 is 4.89 Å². The van der Waals surface area contributed by atoms with Gasteiger partial charge in [0.25, 0.3) is 7.82 Å². The van der Waals surface area contributed by atoms with Crippen molar-refractivity contribution in [1.82, 2.24) is 0 Å². The summed E-state index contributed by atoms with van der Waals surface area (Å²) in [5.41, 5.74) is 0. The molecule has 62 heavy (non-hydrogen) atoms. The van der Waals surface area contributed by atoms with E-state index in [2.05, 4.69) is 13.8 Å². The highest BCUT2D eigenvalue weighted by Gasteiger charge is 2.21. The number of carbonyl (C=O) groups is 2. The molecule has 2 atom stereocenters. The Bertz CT molecular complexity index is 1020. The summed E-state index contributed by atoms with van der Waals surface area (Å²) in [4.78, 5) is 37.6. The minimum Gasteiger partial charge on any atom is -0.756 e. The first-order valence-electron chi connectivity index (χ1n) is 26.7. The monoisotopic (exact) mass is 902 g/mol. The van der Waals surface area contributed by atoms with Crippen LogP contribution in [0, 0.1) is 0 Å². The first-order chi connectivity index (χ1) is 30.0. The van der Waals surface area contributed by atoms with Crippen LogP contribution in [-0.4, -0.2) is 70.0 Å². The highest BCUT2D eigenvalue weighted by atomic mass is 31.2. The third-order valence-electron chi connectivity index (χ3n) is 12.1. The molecule has 370 valence electrons. The number of phosphoric acid groups is 1. The quantitative estimate of drug-likeness (QED) is 0.0257. The first-order valence-corrected chi connectivity index (χ1v) is 28.2. The van der Waals surface area contributed by atoms with Crippen molar-refractivity contribution in [3.8, 4) is 0 Å². The number of phosphoric ester groups is 1. The Labute approximate surface area is 384 Å². The Morgan fingerprint density at radius 3 is 1.03 bits per heavy atom. The number of unbranched alkanes of at least 4 members (excludes halogenated alkanes) is 36. The third kappa shape index (κ3) is 48.5. The average molecular weight is 902 g/mol. The number of nitrogens with zero attached hydrogens (tertiary/aromatic N) is 1. The molecule has 0 amide bonds. The van der Waals surface area contributed by atoms with Gasteiger partial charge in [0.1, 0.15) is 19.8 Å².